The van der Waals surface area contributed by atoms with E-state index in [1.165, 1.54) is 0 Å². The number of carboxylic acid groups (broad SMARTS) is 1. The zero-order valence-electron chi connectivity index (χ0n) is 14.2. The summed E-state index contributed by atoms with van der Waals surface area (Å²) in [6.45, 7) is 0.841. The molecule has 0 aromatic heterocycles. The number of hydrogen-bond donors (Lipinski definition) is 4. The summed E-state index contributed by atoms with van der Waals surface area (Å²) in [6.07, 6.45) is -4.24. The maximum atomic E-state index is 10.6. The fourth-order valence-corrected chi connectivity index (χ4v) is 2.68. The van der Waals surface area contributed by atoms with Gasteiger partial charge in [-0.1, -0.05) is 12.1 Å². The Bertz CT molecular complexity index is 806. The number of carbonyl (C=O) groups is 1. The molecule has 1 aliphatic heterocycles. The minimum Gasteiger partial charge on any atom is -0.504 e. The zero-order valence-corrected chi connectivity index (χ0v) is 14.2. The average molecular weight is 385 g/mol. The molecule has 0 radical (unpaired) electrons. The maximum Gasteiger partial charge on any atom is 0.490 e. The summed E-state index contributed by atoms with van der Waals surface area (Å²) < 4.78 is 36.9. The monoisotopic (exact) mass is 385 g/mol. The van der Waals surface area contributed by atoms with Crippen LogP contribution in [0.4, 0.5) is 13.2 Å². The highest BCUT2D eigenvalue weighted by atomic mass is 19.4. The number of aromatic hydroxyl groups is 2. The number of ether oxygens (including phenoxy) is 1. The Kier molecular flexibility index (Phi) is 6.17. The van der Waals surface area contributed by atoms with Crippen LogP contribution in [0.1, 0.15) is 22.7 Å². The molecule has 0 fully saturated rings. The van der Waals surface area contributed by atoms with Crippen molar-refractivity contribution in [2.75, 3.05) is 13.7 Å². The molecule has 6 nitrogen and oxygen atoms in total. The van der Waals surface area contributed by atoms with Crippen LogP contribution in [0.2, 0.25) is 0 Å². The van der Waals surface area contributed by atoms with Gasteiger partial charge in [0, 0.05) is 6.54 Å². The largest absolute Gasteiger partial charge is 0.504 e. The number of benzene rings is 2. The Balaban J connectivity index is 0.000000321. The number of carboxylic acids is 1. The second kappa shape index (κ2) is 8.17. The van der Waals surface area contributed by atoms with Gasteiger partial charge in [0.05, 0.1) is 13.2 Å². The first kappa shape index (κ1) is 20.4. The Morgan fingerprint density at radius 2 is 1.70 bits per heavy atom. The van der Waals surface area contributed by atoms with Gasteiger partial charge in [-0.15, -0.1) is 0 Å². The minimum absolute atomic E-state index is 0.0242. The summed E-state index contributed by atoms with van der Waals surface area (Å²) in [5, 5.41) is 29.9. The fraction of sp³-hybridized carbons (Fsp3) is 0.278. The average Bonchev–Trinajstić information content (AvgIpc) is 2.62. The molecule has 27 heavy (non-hydrogen) atoms. The number of aliphatic carboxylic acids is 1. The lowest BCUT2D eigenvalue weighted by Crippen LogP contribution is -2.30. The molecular weight excluding hydrogens is 367 g/mol. The van der Waals surface area contributed by atoms with E-state index in [0.717, 1.165) is 35.4 Å². The van der Waals surface area contributed by atoms with Crippen LogP contribution in [0.25, 0.3) is 0 Å². The topological polar surface area (TPSA) is 99.0 Å². The second-order valence-electron chi connectivity index (χ2n) is 5.75. The Hall–Kier alpha value is -2.94. The zero-order chi connectivity index (χ0) is 20.2. The van der Waals surface area contributed by atoms with E-state index in [4.69, 9.17) is 14.6 Å². The van der Waals surface area contributed by atoms with Gasteiger partial charge in [0.1, 0.15) is 5.75 Å². The predicted molar refractivity (Wildman–Crippen MR) is 90.0 cm³/mol. The minimum atomic E-state index is -5.08. The number of fused-ring (bicyclic) bond motifs is 1. The predicted octanol–water partition coefficient (Wildman–Crippen LogP) is 2.97. The van der Waals surface area contributed by atoms with Crippen LogP contribution in [0.3, 0.4) is 0 Å². The number of nitrogens with one attached hydrogen (secondary N) is 1. The van der Waals surface area contributed by atoms with Crippen molar-refractivity contribution in [1.29, 1.82) is 0 Å². The maximum absolute atomic E-state index is 10.6. The number of phenolic OH excluding ortho intramolecular Hbond substituents is 2. The quantitative estimate of drug-likeness (QED) is 0.594. The van der Waals surface area contributed by atoms with Crippen LogP contribution in [0.15, 0.2) is 36.4 Å². The first-order valence-corrected chi connectivity index (χ1v) is 7.85. The molecule has 1 unspecified atom stereocenters. The molecule has 146 valence electrons. The third kappa shape index (κ3) is 5.04. The van der Waals surface area contributed by atoms with Crippen LogP contribution in [-0.2, 0) is 11.2 Å². The van der Waals surface area contributed by atoms with E-state index < -0.39 is 12.1 Å². The van der Waals surface area contributed by atoms with Gasteiger partial charge in [0.15, 0.2) is 11.5 Å². The van der Waals surface area contributed by atoms with Gasteiger partial charge in [-0.2, -0.15) is 13.2 Å². The highest BCUT2D eigenvalue weighted by molar-refractivity contribution is 5.73. The molecule has 1 atom stereocenters. The van der Waals surface area contributed by atoms with Gasteiger partial charge in [-0.05, 0) is 47.4 Å². The van der Waals surface area contributed by atoms with E-state index >= 15 is 0 Å². The number of halogens is 3. The third-order valence-electron chi connectivity index (χ3n) is 3.98. The van der Waals surface area contributed by atoms with Gasteiger partial charge >= 0.3 is 12.1 Å². The van der Waals surface area contributed by atoms with Crippen LogP contribution >= 0.6 is 0 Å². The summed E-state index contributed by atoms with van der Waals surface area (Å²) >= 11 is 0. The fourth-order valence-electron chi connectivity index (χ4n) is 2.68. The summed E-state index contributed by atoms with van der Waals surface area (Å²) in [6, 6.07) is 11.2. The first-order chi connectivity index (χ1) is 12.6. The van der Waals surface area contributed by atoms with Crippen LogP contribution < -0.4 is 10.1 Å². The Morgan fingerprint density at radius 3 is 2.22 bits per heavy atom. The van der Waals surface area contributed by atoms with E-state index in [2.05, 4.69) is 5.32 Å². The van der Waals surface area contributed by atoms with Crippen molar-refractivity contribution in [3.8, 4) is 17.2 Å². The van der Waals surface area contributed by atoms with Gasteiger partial charge in [-0.3, -0.25) is 0 Å². The van der Waals surface area contributed by atoms with Gasteiger partial charge in [-0.25, -0.2) is 4.79 Å². The lowest BCUT2D eigenvalue weighted by Gasteiger charge is -2.28. The molecule has 0 saturated heterocycles. The number of phenols is 2. The molecule has 1 heterocycles. The Morgan fingerprint density at radius 1 is 1.15 bits per heavy atom. The van der Waals surface area contributed by atoms with Crippen molar-refractivity contribution in [3.63, 3.8) is 0 Å². The molecule has 0 amide bonds. The van der Waals surface area contributed by atoms with Gasteiger partial charge in [0.2, 0.25) is 0 Å². The molecular formula is C18H18F3NO5. The van der Waals surface area contributed by atoms with Gasteiger partial charge < -0.3 is 25.4 Å². The van der Waals surface area contributed by atoms with Crippen molar-refractivity contribution >= 4 is 5.97 Å². The van der Waals surface area contributed by atoms with E-state index in [0.29, 0.717) is 0 Å². The molecule has 0 bridgehead atoms. The van der Waals surface area contributed by atoms with Crippen molar-refractivity contribution in [2.45, 2.75) is 18.6 Å². The lowest BCUT2D eigenvalue weighted by molar-refractivity contribution is -0.192. The van der Waals surface area contributed by atoms with E-state index in [1.807, 2.05) is 24.3 Å². The molecule has 0 aliphatic carbocycles. The molecule has 0 saturated carbocycles. The molecule has 9 heteroatoms. The number of alkyl halides is 3. The lowest BCUT2D eigenvalue weighted by atomic mass is 9.89. The third-order valence-corrected chi connectivity index (χ3v) is 3.98. The molecule has 1 aliphatic rings. The first-order valence-electron chi connectivity index (χ1n) is 7.85. The van der Waals surface area contributed by atoms with E-state index in [1.54, 1.807) is 19.2 Å². The summed E-state index contributed by atoms with van der Waals surface area (Å²) in [5.74, 6) is -2.07. The SMILES string of the molecule is COc1ccc(C2NCCc3cc(O)c(O)cc32)cc1.O=C(O)C(F)(F)F. The van der Waals surface area contributed by atoms with Crippen LogP contribution in [0, 0.1) is 0 Å². The molecule has 4 N–H and O–H groups in total. The van der Waals surface area contributed by atoms with Crippen molar-refractivity contribution < 1.29 is 38.0 Å². The molecule has 2 aromatic rings. The van der Waals surface area contributed by atoms with Crippen LogP contribution in [-0.4, -0.2) is 41.1 Å². The summed E-state index contributed by atoms with van der Waals surface area (Å²) in [7, 11) is 1.64. The van der Waals surface area contributed by atoms with Crippen LogP contribution in [0.5, 0.6) is 17.2 Å². The molecule has 3 rings (SSSR count). The Labute approximate surface area is 152 Å². The van der Waals surface area contributed by atoms with Crippen molar-refractivity contribution in [1.82, 2.24) is 5.32 Å². The van der Waals surface area contributed by atoms with Gasteiger partial charge in [0.25, 0.3) is 0 Å². The van der Waals surface area contributed by atoms with Crippen molar-refractivity contribution in [2.24, 2.45) is 0 Å². The number of methoxy groups -OCH3 is 1. The standard InChI is InChI=1S/C16H17NO3.C2HF3O2/c1-20-12-4-2-10(3-5-12)16-13-9-15(19)14(18)8-11(13)6-7-17-16;3-2(4,5)1(6)7/h2-5,8-9,16-19H,6-7H2,1H3;(H,6,7). The van der Waals surface area contributed by atoms with E-state index in [9.17, 15) is 23.4 Å². The number of rotatable bonds is 2. The molecule has 0 spiro atoms. The molecule has 2 aromatic carbocycles. The van der Waals surface area contributed by atoms with E-state index in [-0.39, 0.29) is 17.5 Å². The second-order valence-corrected chi connectivity index (χ2v) is 5.75. The highest BCUT2D eigenvalue weighted by Gasteiger charge is 2.38. The summed E-state index contributed by atoms with van der Waals surface area (Å²) in [4.78, 5) is 8.90. The smallest absolute Gasteiger partial charge is 0.490 e. The van der Waals surface area contributed by atoms with Crippen molar-refractivity contribution in [3.05, 3.63) is 53.1 Å². The summed E-state index contributed by atoms with van der Waals surface area (Å²) in [5.41, 5.74) is 3.19. The normalized spacial score (nSPS) is 15.9. The number of hydrogen-bond acceptors (Lipinski definition) is 5. The highest BCUT2D eigenvalue weighted by Crippen LogP contribution is 2.36.